The van der Waals surface area contributed by atoms with Crippen molar-refractivity contribution in [1.82, 2.24) is 10.2 Å². The zero-order valence-electron chi connectivity index (χ0n) is 22.8. The molecule has 3 rings (SSSR count). The van der Waals surface area contributed by atoms with Crippen molar-refractivity contribution in [2.45, 2.75) is 52.2 Å². The third-order valence-electron chi connectivity index (χ3n) is 6.26. The number of carbonyl (C=O) groups is 2. The van der Waals surface area contributed by atoms with E-state index < -0.39 is 28.5 Å². The minimum atomic E-state index is -3.81. The molecule has 0 aromatic heterocycles. The lowest BCUT2D eigenvalue weighted by molar-refractivity contribution is -0.140. The van der Waals surface area contributed by atoms with E-state index in [1.54, 1.807) is 30.3 Å². The lowest BCUT2D eigenvalue weighted by Crippen LogP contribution is -2.54. The minimum Gasteiger partial charge on any atom is -0.352 e. The van der Waals surface area contributed by atoms with E-state index in [1.165, 1.54) is 4.90 Å². The van der Waals surface area contributed by atoms with E-state index in [-0.39, 0.29) is 24.9 Å². The van der Waals surface area contributed by atoms with Gasteiger partial charge in [0, 0.05) is 24.0 Å². The summed E-state index contributed by atoms with van der Waals surface area (Å²) in [6.45, 7) is 5.34. The van der Waals surface area contributed by atoms with Crippen molar-refractivity contribution < 1.29 is 18.0 Å². The van der Waals surface area contributed by atoms with Gasteiger partial charge in [-0.1, -0.05) is 73.1 Å². The van der Waals surface area contributed by atoms with Crippen LogP contribution in [-0.2, 0) is 39.0 Å². The molecule has 1 N–H and O–H groups in total. The van der Waals surface area contributed by atoms with Gasteiger partial charge in [-0.3, -0.25) is 13.9 Å². The molecule has 0 saturated carbocycles. The highest BCUT2D eigenvalue weighted by Gasteiger charge is 2.33. The number of nitrogens with zero attached hydrogens (tertiary/aromatic N) is 2. The Morgan fingerprint density at radius 2 is 1.54 bits per heavy atom. The molecule has 3 aromatic carbocycles. The van der Waals surface area contributed by atoms with Gasteiger partial charge in [0.2, 0.25) is 21.8 Å². The Kier molecular flexibility index (Phi) is 10.5. The van der Waals surface area contributed by atoms with E-state index in [1.807, 2.05) is 69.3 Å². The smallest absolute Gasteiger partial charge is 0.244 e. The summed E-state index contributed by atoms with van der Waals surface area (Å²) in [4.78, 5) is 29.0. The molecule has 3 aromatic rings. The van der Waals surface area contributed by atoms with E-state index in [0.29, 0.717) is 10.7 Å². The minimum absolute atomic E-state index is 0.0782. The summed E-state index contributed by atoms with van der Waals surface area (Å²) in [5, 5.41) is 3.43. The van der Waals surface area contributed by atoms with E-state index in [0.717, 1.165) is 33.7 Å². The highest BCUT2D eigenvalue weighted by Crippen LogP contribution is 2.22. The molecule has 7 nitrogen and oxygen atoms in total. The van der Waals surface area contributed by atoms with Crippen LogP contribution < -0.4 is 9.62 Å². The summed E-state index contributed by atoms with van der Waals surface area (Å²) in [6, 6.07) is 22.5. The molecular weight excluding hydrogens is 534 g/mol. The molecular formula is C30H36ClN3O4S. The maximum atomic E-state index is 14.0. The monoisotopic (exact) mass is 569 g/mol. The molecule has 0 bridgehead atoms. The molecule has 0 unspecified atom stereocenters. The van der Waals surface area contributed by atoms with Crippen LogP contribution in [0.2, 0.25) is 5.02 Å². The van der Waals surface area contributed by atoms with Crippen LogP contribution in [0.1, 0.15) is 37.5 Å². The second kappa shape index (κ2) is 13.6. The number of benzene rings is 3. The SMILES string of the molecule is CCc1ccc(N(CC(=O)N(Cc2cccc(Cl)c2)[C@@H](Cc2ccccc2)C(=O)NC(C)C)S(C)(=O)=O)cc1. The summed E-state index contributed by atoms with van der Waals surface area (Å²) in [5.41, 5.74) is 3.04. The average molecular weight is 570 g/mol. The first-order chi connectivity index (χ1) is 18.5. The van der Waals surface area contributed by atoms with Crippen LogP contribution in [0.25, 0.3) is 0 Å². The summed E-state index contributed by atoms with van der Waals surface area (Å²) in [6.07, 6.45) is 2.13. The predicted molar refractivity (Wildman–Crippen MR) is 157 cm³/mol. The molecule has 0 radical (unpaired) electrons. The average Bonchev–Trinajstić information content (AvgIpc) is 2.89. The number of nitrogens with one attached hydrogen (secondary N) is 1. The number of carbonyl (C=O) groups excluding carboxylic acids is 2. The molecule has 0 saturated heterocycles. The summed E-state index contributed by atoms with van der Waals surface area (Å²) >= 11 is 6.23. The third kappa shape index (κ3) is 8.83. The van der Waals surface area contributed by atoms with Crippen molar-refractivity contribution in [3.63, 3.8) is 0 Å². The zero-order valence-corrected chi connectivity index (χ0v) is 24.4. The fourth-order valence-electron chi connectivity index (χ4n) is 4.28. The summed E-state index contributed by atoms with van der Waals surface area (Å²) < 4.78 is 26.8. The number of hydrogen-bond donors (Lipinski definition) is 1. The number of halogens is 1. The fourth-order valence-corrected chi connectivity index (χ4v) is 5.34. The van der Waals surface area contributed by atoms with Crippen LogP contribution >= 0.6 is 11.6 Å². The Hall–Kier alpha value is -3.36. The standard InChI is InChI=1S/C30H36ClN3O4S/c1-5-23-14-16-27(17-15-23)34(39(4,37)38)21-29(35)33(20-25-12-9-13-26(31)18-25)28(30(36)32-22(2)3)19-24-10-7-6-8-11-24/h6-18,22,28H,5,19-21H2,1-4H3,(H,32,36)/t28-/m0/s1. The van der Waals surface area contributed by atoms with Gasteiger partial charge in [0.25, 0.3) is 0 Å². The van der Waals surface area contributed by atoms with E-state index in [2.05, 4.69) is 5.32 Å². The van der Waals surface area contributed by atoms with Gasteiger partial charge in [0.15, 0.2) is 0 Å². The van der Waals surface area contributed by atoms with Crippen LogP contribution in [0.5, 0.6) is 0 Å². The van der Waals surface area contributed by atoms with Gasteiger partial charge in [-0.2, -0.15) is 0 Å². The van der Waals surface area contributed by atoms with Gasteiger partial charge >= 0.3 is 0 Å². The lowest BCUT2D eigenvalue weighted by Gasteiger charge is -2.34. The zero-order chi connectivity index (χ0) is 28.6. The molecule has 0 heterocycles. The second-order valence-electron chi connectivity index (χ2n) is 9.81. The van der Waals surface area contributed by atoms with Crippen molar-refractivity contribution in [2.24, 2.45) is 0 Å². The molecule has 0 aliphatic rings. The van der Waals surface area contributed by atoms with E-state index >= 15 is 0 Å². The number of amides is 2. The van der Waals surface area contributed by atoms with Gasteiger partial charge in [-0.25, -0.2) is 8.42 Å². The second-order valence-corrected chi connectivity index (χ2v) is 12.2. The van der Waals surface area contributed by atoms with E-state index in [9.17, 15) is 18.0 Å². The highest BCUT2D eigenvalue weighted by molar-refractivity contribution is 7.92. The number of hydrogen-bond acceptors (Lipinski definition) is 4. The largest absolute Gasteiger partial charge is 0.352 e. The molecule has 208 valence electrons. The normalized spacial score (nSPS) is 12.2. The van der Waals surface area contributed by atoms with Crippen molar-refractivity contribution in [2.75, 3.05) is 17.1 Å². The fraction of sp³-hybridized carbons (Fsp3) is 0.333. The number of aryl methyl sites for hydroxylation is 1. The molecule has 0 aliphatic heterocycles. The van der Waals surface area contributed by atoms with Crippen molar-refractivity contribution in [3.8, 4) is 0 Å². The third-order valence-corrected chi connectivity index (χ3v) is 7.63. The van der Waals surface area contributed by atoms with Crippen molar-refractivity contribution in [1.29, 1.82) is 0 Å². The molecule has 1 atom stereocenters. The molecule has 0 aliphatic carbocycles. The summed E-state index contributed by atoms with van der Waals surface area (Å²) in [5.74, 6) is -0.817. The molecule has 0 spiro atoms. The van der Waals surface area contributed by atoms with Gasteiger partial charge < -0.3 is 10.2 Å². The topological polar surface area (TPSA) is 86.8 Å². The van der Waals surface area contributed by atoms with Crippen molar-refractivity contribution >= 4 is 39.1 Å². The van der Waals surface area contributed by atoms with Crippen LogP contribution in [0, 0.1) is 0 Å². The van der Waals surface area contributed by atoms with Gasteiger partial charge in [-0.15, -0.1) is 0 Å². The highest BCUT2D eigenvalue weighted by atomic mass is 35.5. The Morgan fingerprint density at radius 1 is 0.897 bits per heavy atom. The van der Waals surface area contributed by atoms with Crippen LogP contribution in [0.3, 0.4) is 0 Å². The maximum Gasteiger partial charge on any atom is 0.244 e. The maximum absolute atomic E-state index is 14.0. The predicted octanol–water partition coefficient (Wildman–Crippen LogP) is 4.83. The molecule has 39 heavy (non-hydrogen) atoms. The van der Waals surface area contributed by atoms with Crippen LogP contribution in [0.15, 0.2) is 78.9 Å². The lowest BCUT2D eigenvalue weighted by atomic mass is 10.0. The quantitative estimate of drug-likeness (QED) is 0.338. The first-order valence-corrected chi connectivity index (χ1v) is 15.2. The first kappa shape index (κ1) is 30.2. The molecule has 9 heteroatoms. The van der Waals surface area contributed by atoms with Crippen molar-refractivity contribution in [3.05, 3.63) is 101 Å². The van der Waals surface area contributed by atoms with Crippen LogP contribution in [-0.4, -0.2) is 50.0 Å². The van der Waals surface area contributed by atoms with E-state index in [4.69, 9.17) is 11.6 Å². The Labute approximate surface area is 236 Å². The summed E-state index contributed by atoms with van der Waals surface area (Å²) in [7, 11) is -3.81. The van der Waals surface area contributed by atoms with Crippen LogP contribution in [0.4, 0.5) is 5.69 Å². The number of anilines is 1. The van der Waals surface area contributed by atoms with Gasteiger partial charge in [0.05, 0.1) is 11.9 Å². The first-order valence-electron chi connectivity index (χ1n) is 12.9. The number of sulfonamides is 1. The molecule has 0 fully saturated rings. The van der Waals surface area contributed by atoms with Gasteiger partial charge in [-0.05, 0) is 61.2 Å². The Balaban J connectivity index is 2.04. The Bertz CT molecular complexity index is 1360. The van der Waals surface area contributed by atoms with Gasteiger partial charge in [0.1, 0.15) is 12.6 Å². The Morgan fingerprint density at radius 3 is 2.10 bits per heavy atom. The molecule has 2 amide bonds. The number of rotatable bonds is 12.